The molecule has 29 heavy (non-hydrogen) atoms. The van der Waals surface area contributed by atoms with Gasteiger partial charge in [-0.1, -0.05) is 42.5 Å². The highest BCUT2D eigenvalue weighted by Gasteiger charge is 2.48. The first-order valence-electron chi connectivity index (χ1n) is 10.4. The van der Waals surface area contributed by atoms with Crippen LogP contribution in [0.2, 0.25) is 0 Å². The molecule has 0 saturated heterocycles. The van der Waals surface area contributed by atoms with Crippen LogP contribution < -0.4 is 4.90 Å². The largest absolute Gasteiger partial charge is 0.478 e. The van der Waals surface area contributed by atoms with Gasteiger partial charge in [0.05, 0.1) is 11.6 Å². The quantitative estimate of drug-likeness (QED) is 0.700. The number of carbonyl (C=O) groups is 1. The zero-order valence-corrected chi connectivity index (χ0v) is 16.0. The molecular formula is C25H22FNO2. The first-order valence-corrected chi connectivity index (χ1v) is 10.4. The summed E-state index contributed by atoms with van der Waals surface area (Å²) in [6.07, 6.45) is 10.7. The van der Waals surface area contributed by atoms with Crippen LogP contribution in [0.1, 0.15) is 57.8 Å². The molecule has 146 valence electrons. The van der Waals surface area contributed by atoms with E-state index in [4.69, 9.17) is 0 Å². The van der Waals surface area contributed by atoms with E-state index >= 15 is 0 Å². The lowest BCUT2D eigenvalue weighted by atomic mass is 9.70. The molecule has 6 rings (SSSR count). The highest BCUT2D eigenvalue weighted by molar-refractivity contribution is 5.90. The Morgan fingerprint density at radius 3 is 2.52 bits per heavy atom. The van der Waals surface area contributed by atoms with Crippen LogP contribution in [0.4, 0.5) is 10.1 Å². The molecule has 1 N–H and O–H groups in total. The van der Waals surface area contributed by atoms with E-state index in [1.165, 1.54) is 0 Å². The van der Waals surface area contributed by atoms with E-state index in [1.807, 2.05) is 24.3 Å². The van der Waals surface area contributed by atoms with E-state index in [-0.39, 0.29) is 29.6 Å². The van der Waals surface area contributed by atoms with Crippen molar-refractivity contribution in [2.24, 2.45) is 11.8 Å². The summed E-state index contributed by atoms with van der Waals surface area (Å²) in [6.45, 7) is 0.881. The number of benzene rings is 2. The first kappa shape index (κ1) is 17.0. The van der Waals surface area contributed by atoms with Crippen LogP contribution >= 0.6 is 0 Å². The average Bonchev–Trinajstić information content (AvgIpc) is 3.38. The van der Waals surface area contributed by atoms with Gasteiger partial charge in [0.2, 0.25) is 0 Å². The molecule has 2 aliphatic carbocycles. The topological polar surface area (TPSA) is 40.5 Å². The van der Waals surface area contributed by atoms with Crippen LogP contribution in [0, 0.1) is 17.7 Å². The number of rotatable bonds is 2. The smallest absolute Gasteiger partial charge is 0.335 e. The Labute approximate surface area is 169 Å². The molecule has 0 fully saturated rings. The number of fused-ring (bicyclic) bond motifs is 4. The molecule has 0 amide bonds. The van der Waals surface area contributed by atoms with Crippen molar-refractivity contribution in [1.82, 2.24) is 0 Å². The predicted octanol–water partition coefficient (Wildman–Crippen LogP) is 5.42. The van der Waals surface area contributed by atoms with Gasteiger partial charge in [-0.25, -0.2) is 9.18 Å². The number of nitrogens with zero attached hydrogens (tertiary/aromatic N) is 1. The Morgan fingerprint density at radius 2 is 1.72 bits per heavy atom. The monoisotopic (exact) mass is 387 g/mol. The lowest BCUT2D eigenvalue weighted by molar-refractivity contribution is 0.0696. The van der Waals surface area contributed by atoms with Gasteiger partial charge in [-0.05, 0) is 54.0 Å². The molecule has 0 aromatic heterocycles. The summed E-state index contributed by atoms with van der Waals surface area (Å²) in [5.41, 5.74) is 4.47. The predicted molar refractivity (Wildman–Crippen MR) is 110 cm³/mol. The van der Waals surface area contributed by atoms with Crippen molar-refractivity contribution in [2.75, 3.05) is 11.4 Å². The molecule has 2 aliphatic heterocycles. The number of aromatic carboxylic acids is 1. The van der Waals surface area contributed by atoms with Crippen LogP contribution in [0.5, 0.6) is 0 Å². The first-order chi connectivity index (χ1) is 14.1. The fourth-order valence-electron chi connectivity index (χ4n) is 6.17. The van der Waals surface area contributed by atoms with Gasteiger partial charge in [0, 0.05) is 29.6 Å². The van der Waals surface area contributed by atoms with E-state index in [2.05, 4.69) is 29.2 Å². The fraction of sp³-hybridized carbons (Fsp3) is 0.320. The Morgan fingerprint density at radius 1 is 1.00 bits per heavy atom. The number of anilines is 1. The van der Waals surface area contributed by atoms with Gasteiger partial charge in [0.15, 0.2) is 0 Å². The third-order valence-corrected chi connectivity index (χ3v) is 7.32. The minimum Gasteiger partial charge on any atom is -0.478 e. The summed E-state index contributed by atoms with van der Waals surface area (Å²) in [5, 5.41) is 9.74. The van der Waals surface area contributed by atoms with Gasteiger partial charge in [0.1, 0.15) is 5.82 Å². The van der Waals surface area contributed by atoms with Gasteiger partial charge in [0.25, 0.3) is 0 Å². The number of hydrogen-bond donors (Lipinski definition) is 1. The third-order valence-electron chi connectivity index (χ3n) is 7.32. The van der Waals surface area contributed by atoms with Crippen LogP contribution in [0.15, 0.2) is 60.7 Å². The van der Waals surface area contributed by atoms with Crippen molar-refractivity contribution in [3.8, 4) is 0 Å². The minimum absolute atomic E-state index is 0.0281. The molecular weight excluding hydrogens is 365 g/mol. The second kappa shape index (κ2) is 6.06. The maximum Gasteiger partial charge on any atom is 0.335 e. The summed E-state index contributed by atoms with van der Waals surface area (Å²) in [6, 6.07) is 10.8. The molecule has 5 atom stereocenters. The van der Waals surface area contributed by atoms with E-state index in [9.17, 15) is 14.3 Å². The zero-order chi connectivity index (χ0) is 19.7. The number of halogens is 1. The molecule has 0 unspecified atom stereocenters. The summed E-state index contributed by atoms with van der Waals surface area (Å²) >= 11 is 0. The van der Waals surface area contributed by atoms with Gasteiger partial charge < -0.3 is 10.0 Å². The molecule has 0 radical (unpaired) electrons. The standard InChI is InChI=1S/C25H22FNO2/c26-22-10-2-1-6-19(22)23-18-9-4-8-17(18)21-12-15(25(28)29)11-20-16-7-3-5-14(16)13-27(23)24(20)21/h1-4,6-8,10-12,14,16-18,23H,5,9,13H2,(H,28,29)/t14-,16+,17+,18-,23+/m0/s1. The summed E-state index contributed by atoms with van der Waals surface area (Å²) < 4.78 is 14.9. The second-order valence-corrected chi connectivity index (χ2v) is 8.73. The van der Waals surface area contributed by atoms with E-state index in [0.717, 1.165) is 41.8 Å². The highest BCUT2D eigenvalue weighted by Crippen LogP contribution is 2.59. The molecule has 4 aliphatic rings. The molecule has 2 heterocycles. The van der Waals surface area contributed by atoms with E-state index in [0.29, 0.717) is 11.5 Å². The van der Waals surface area contributed by atoms with Crippen LogP contribution in [-0.2, 0) is 0 Å². The maximum absolute atomic E-state index is 14.9. The third kappa shape index (κ3) is 2.32. The van der Waals surface area contributed by atoms with Crippen LogP contribution in [0.3, 0.4) is 0 Å². The Hall–Kier alpha value is -2.88. The van der Waals surface area contributed by atoms with Crippen LogP contribution in [0.25, 0.3) is 0 Å². The van der Waals surface area contributed by atoms with Crippen molar-refractivity contribution in [3.05, 3.63) is 88.8 Å². The van der Waals surface area contributed by atoms with Crippen molar-refractivity contribution < 1.29 is 14.3 Å². The molecule has 0 spiro atoms. The minimum atomic E-state index is -0.880. The lowest BCUT2D eigenvalue weighted by Crippen LogP contribution is -2.46. The Bertz CT molecular complexity index is 1070. The lowest BCUT2D eigenvalue weighted by Gasteiger charge is -2.51. The number of carboxylic acid groups (broad SMARTS) is 1. The SMILES string of the molecule is O=C(O)c1cc2c3c(c1)[C@@H]1C=CC[C@@H]1[C@H](c1ccccc1F)N3C[C@@H]1CC=C[C@@H]21. The average molecular weight is 387 g/mol. The van der Waals surface area contributed by atoms with Crippen molar-refractivity contribution in [3.63, 3.8) is 0 Å². The summed E-state index contributed by atoms with van der Waals surface area (Å²) in [4.78, 5) is 14.3. The van der Waals surface area contributed by atoms with Crippen molar-refractivity contribution in [1.29, 1.82) is 0 Å². The van der Waals surface area contributed by atoms with Gasteiger partial charge in [-0.3, -0.25) is 0 Å². The zero-order valence-electron chi connectivity index (χ0n) is 16.0. The van der Waals surface area contributed by atoms with Gasteiger partial charge in [-0.15, -0.1) is 0 Å². The van der Waals surface area contributed by atoms with Crippen molar-refractivity contribution >= 4 is 11.7 Å². The van der Waals surface area contributed by atoms with Gasteiger partial charge in [-0.2, -0.15) is 0 Å². The van der Waals surface area contributed by atoms with Gasteiger partial charge >= 0.3 is 5.97 Å². The van der Waals surface area contributed by atoms with E-state index < -0.39 is 5.97 Å². The van der Waals surface area contributed by atoms with E-state index in [1.54, 1.807) is 12.1 Å². The normalized spacial score (nSPS) is 30.8. The maximum atomic E-state index is 14.9. The highest BCUT2D eigenvalue weighted by atomic mass is 19.1. The van der Waals surface area contributed by atoms with Crippen LogP contribution in [-0.4, -0.2) is 17.6 Å². The Kier molecular flexibility index (Phi) is 3.55. The molecule has 4 heteroatoms. The molecule has 3 nitrogen and oxygen atoms in total. The summed E-state index contributed by atoms with van der Waals surface area (Å²) in [5.74, 6) is -0.00781. The fourth-order valence-corrected chi connectivity index (χ4v) is 6.17. The molecule has 0 bridgehead atoms. The van der Waals surface area contributed by atoms with Crippen molar-refractivity contribution in [2.45, 2.75) is 30.7 Å². The second-order valence-electron chi connectivity index (χ2n) is 8.73. The molecule has 2 aromatic rings. The Balaban J connectivity index is 1.62. The summed E-state index contributed by atoms with van der Waals surface area (Å²) in [7, 11) is 0. The molecule has 2 aromatic carbocycles. The number of carboxylic acids is 1. The number of hydrogen-bond acceptors (Lipinski definition) is 2. The number of allylic oxidation sites excluding steroid dienone is 4. The molecule has 0 saturated carbocycles.